The van der Waals surface area contributed by atoms with E-state index in [4.69, 9.17) is 5.11 Å². The second kappa shape index (κ2) is 8.15. The van der Waals surface area contributed by atoms with E-state index in [0.29, 0.717) is 25.7 Å². The molecule has 6 heteroatoms. The number of carboxylic acids is 1. The number of rotatable bonds is 5. The van der Waals surface area contributed by atoms with Crippen LogP contribution in [0, 0.1) is 11.8 Å². The van der Waals surface area contributed by atoms with Crippen LogP contribution in [-0.4, -0.2) is 35.5 Å². The van der Waals surface area contributed by atoms with E-state index in [0.717, 1.165) is 25.7 Å². The van der Waals surface area contributed by atoms with Crippen LogP contribution >= 0.6 is 0 Å². The minimum absolute atomic E-state index is 0.0220. The second-order valence-electron chi connectivity index (χ2n) is 6.51. The third-order valence-corrected chi connectivity index (χ3v) is 4.84. The Hall–Kier alpha value is -1.59. The largest absolute Gasteiger partial charge is 0.481 e. The Kier molecular flexibility index (Phi) is 6.21. The normalized spacial score (nSPS) is 26.2. The van der Waals surface area contributed by atoms with Crippen LogP contribution in [0.5, 0.6) is 0 Å². The van der Waals surface area contributed by atoms with Gasteiger partial charge in [0.1, 0.15) is 0 Å². The van der Waals surface area contributed by atoms with Crippen LogP contribution in [0.4, 0.5) is 0 Å². The van der Waals surface area contributed by atoms with Crippen molar-refractivity contribution >= 4 is 17.8 Å². The van der Waals surface area contributed by atoms with Crippen molar-refractivity contribution in [2.45, 2.75) is 63.8 Å². The number of aliphatic carboxylic acids is 1. The molecule has 124 valence electrons. The first kappa shape index (κ1) is 16.8. The molecule has 0 atom stereocenters. The van der Waals surface area contributed by atoms with E-state index < -0.39 is 5.97 Å². The van der Waals surface area contributed by atoms with Crippen molar-refractivity contribution < 1.29 is 19.5 Å². The van der Waals surface area contributed by atoms with Crippen LogP contribution in [-0.2, 0) is 14.4 Å². The third-order valence-electron chi connectivity index (χ3n) is 4.84. The zero-order valence-electron chi connectivity index (χ0n) is 13.0. The van der Waals surface area contributed by atoms with Crippen molar-refractivity contribution in [3.05, 3.63) is 0 Å². The van der Waals surface area contributed by atoms with E-state index in [1.165, 1.54) is 6.42 Å². The molecule has 0 aliphatic heterocycles. The first-order chi connectivity index (χ1) is 10.6. The monoisotopic (exact) mass is 310 g/mol. The molecule has 0 aromatic carbocycles. The molecule has 3 N–H and O–H groups in total. The van der Waals surface area contributed by atoms with Gasteiger partial charge >= 0.3 is 5.97 Å². The Morgan fingerprint density at radius 3 is 2.05 bits per heavy atom. The van der Waals surface area contributed by atoms with Crippen molar-refractivity contribution in [1.29, 1.82) is 0 Å². The van der Waals surface area contributed by atoms with Crippen LogP contribution in [0.25, 0.3) is 0 Å². The summed E-state index contributed by atoms with van der Waals surface area (Å²) in [6.07, 6.45) is 7.87. The molecule has 0 aromatic heterocycles. The molecule has 0 spiro atoms. The highest BCUT2D eigenvalue weighted by molar-refractivity contribution is 5.86. The molecule has 0 heterocycles. The van der Waals surface area contributed by atoms with Crippen molar-refractivity contribution in [3.63, 3.8) is 0 Å². The molecule has 2 rings (SSSR count). The van der Waals surface area contributed by atoms with Gasteiger partial charge in [0.25, 0.3) is 0 Å². The molecule has 0 radical (unpaired) electrons. The van der Waals surface area contributed by atoms with Crippen LogP contribution in [0.2, 0.25) is 0 Å². The summed E-state index contributed by atoms with van der Waals surface area (Å²) >= 11 is 0. The van der Waals surface area contributed by atoms with Gasteiger partial charge in [-0.05, 0) is 38.5 Å². The van der Waals surface area contributed by atoms with Crippen LogP contribution in [0.15, 0.2) is 0 Å². The molecule has 2 aliphatic carbocycles. The summed E-state index contributed by atoms with van der Waals surface area (Å²) in [7, 11) is 0. The molecule has 22 heavy (non-hydrogen) atoms. The fourth-order valence-corrected chi connectivity index (χ4v) is 3.44. The van der Waals surface area contributed by atoms with Crippen LogP contribution in [0.3, 0.4) is 0 Å². The predicted molar refractivity (Wildman–Crippen MR) is 81.1 cm³/mol. The molecule has 0 unspecified atom stereocenters. The number of hydrogen-bond acceptors (Lipinski definition) is 3. The van der Waals surface area contributed by atoms with Gasteiger partial charge in [0, 0.05) is 12.0 Å². The molecule has 0 bridgehead atoms. The number of hydrogen-bond donors (Lipinski definition) is 3. The lowest BCUT2D eigenvalue weighted by Gasteiger charge is -2.25. The lowest BCUT2D eigenvalue weighted by atomic mass is 9.81. The molecule has 0 saturated heterocycles. The SMILES string of the molecule is O=C(CNC(=O)C1CCC(C(=O)O)CC1)NC1CCCCC1. The lowest BCUT2D eigenvalue weighted by molar-refractivity contribution is -0.144. The average molecular weight is 310 g/mol. The average Bonchev–Trinajstić information content (AvgIpc) is 2.53. The number of carboxylic acid groups (broad SMARTS) is 1. The lowest BCUT2D eigenvalue weighted by Crippen LogP contribution is -2.44. The Labute approximate surface area is 131 Å². The van der Waals surface area contributed by atoms with Crippen LogP contribution in [0.1, 0.15) is 57.8 Å². The summed E-state index contributed by atoms with van der Waals surface area (Å²) in [5.41, 5.74) is 0. The van der Waals surface area contributed by atoms with E-state index in [2.05, 4.69) is 10.6 Å². The molecule has 2 aliphatic rings. The van der Waals surface area contributed by atoms with Crippen molar-refractivity contribution in [2.24, 2.45) is 11.8 Å². The minimum atomic E-state index is -0.772. The highest BCUT2D eigenvalue weighted by Gasteiger charge is 2.29. The van der Waals surface area contributed by atoms with Crippen molar-refractivity contribution in [2.75, 3.05) is 6.54 Å². The quantitative estimate of drug-likeness (QED) is 0.716. The zero-order chi connectivity index (χ0) is 15.9. The van der Waals surface area contributed by atoms with E-state index >= 15 is 0 Å². The summed E-state index contributed by atoms with van der Waals surface area (Å²) in [6.45, 7) is 0.0220. The molecule has 2 saturated carbocycles. The van der Waals surface area contributed by atoms with Crippen molar-refractivity contribution in [1.82, 2.24) is 10.6 Å². The minimum Gasteiger partial charge on any atom is -0.481 e. The van der Waals surface area contributed by atoms with Gasteiger partial charge < -0.3 is 15.7 Å². The van der Waals surface area contributed by atoms with E-state index in [9.17, 15) is 14.4 Å². The highest BCUT2D eigenvalue weighted by atomic mass is 16.4. The van der Waals surface area contributed by atoms with E-state index in [1.807, 2.05) is 0 Å². The van der Waals surface area contributed by atoms with Gasteiger partial charge in [-0.2, -0.15) is 0 Å². The first-order valence-corrected chi connectivity index (χ1v) is 8.36. The van der Waals surface area contributed by atoms with E-state index in [1.54, 1.807) is 0 Å². The number of nitrogens with one attached hydrogen (secondary N) is 2. The maximum Gasteiger partial charge on any atom is 0.306 e. The number of carbonyl (C=O) groups is 3. The number of amides is 2. The second-order valence-corrected chi connectivity index (χ2v) is 6.51. The van der Waals surface area contributed by atoms with Crippen molar-refractivity contribution in [3.8, 4) is 0 Å². The van der Waals surface area contributed by atoms with Gasteiger partial charge in [0.05, 0.1) is 12.5 Å². The predicted octanol–water partition coefficient (Wildman–Crippen LogP) is 1.44. The fourth-order valence-electron chi connectivity index (χ4n) is 3.44. The standard InChI is InChI=1S/C16H26N2O4/c19-14(18-13-4-2-1-3-5-13)10-17-15(20)11-6-8-12(9-7-11)16(21)22/h11-13H,1-10H2,(H,17,20)(H,18,19)(H,21,22). The van der Waals surface area contributed by atoms with Gasteiger partial charge in [0.15, 0.2) is 0 Å². The summed E-state index contributed by atoms with van der Waals surface area (Å²) in [5.74, 6) is -1.50. The molecule has 2 amide bonds. The maximum absolute atomic E-state index is 12.0. The van der Waals surface area contributed by atoms with Crippen LogP contribution < -0.4 is 10.6 Å². The van der Waals surface area contributed by atoms with Gasteiger partial charge in [-0.15, -0.1) is 0 Å². The summed E-state index contributed by atoms with van der Waals surface area (Å²) < 4.78 is 0. The third kappa shape index (κ3) is 5.00. The van der Waals surface area contributed by atoms with Gasteiger partial charge in [-0.25, -0.2) is 0 Å². The van der Waals surface area contributed by atoms with Gasteiger partial charge in [-0.1, -0.05) is 19.3 Å². The Morgan fingerprint density at radius 2 is 1.45 bits per heavy atom. The maximum atomic E-state index is 12.0. The molecule has 0 aromatic rings. The molecular formula is C16H26N2O4. The highest BCUT2D eigenvalue weighted by Crippen LogP contribution is 2.28. The first-order valence-electron chi connectivity index (χ1n) is 8.36. The van der Waals surface area contributed by atoms with Gasteiger partial charge in [0.2, 0.25) is 11.8 Å². The summed E-state index contributed by atoms with van der Waals surface area (Å²) in [6, 6.07) is 0.254. The fraction of sp³-hybridized carbons (Fsp3) is 0.812. The van der Waals surface area contributed by atoms with E-state index in [-0.39, 0.29) is 36.2 Å². The van der Waals surface area contributed by atoms with Gasteiger partial charge in [-0.3, -0.25) is 14.4 Å². The molecular weight excluding hydrogens is 284 g/mol. The summed E-state index contributed by atoms with van der Waals surface area (Å²) in [4.78, 5) is 34.8. The molecule has 6 nitrogen and oxygen atoms in total. The summed E-state index contributed by atoms with van der Waals surface area (Å²) in [5, 5.41) is 14.6. The molecule has 2 fully saturated rings. The Bertz CT molecular complexity index is 410. The topological polar surface area (TPSA) is 95.5 Å². The Balaban J connectivity index is 1.65. The zero-order valence-corrected chi connectivity index (χ0v) is 13.0. The Morgan fingerprint density at radius 1 is 0.864 bits per heavy atom. The number of carbonyl (C=O) groups excluding carboxylic acids is 2. The smallest absolute Gasteiger partial charge is 0.306 e.